The van der Waals surface area contributed by atoms with Crippen molar-refractivity contribution in [3.8, 4) is 0 Å². The standard InChI is InChI=1S/C9H18N2O2/c1-2-3-11-9(12)6-8-7-10-4-5-13-8/h8,10H,2-7H2,1H3,(H,11,12). The average molecular weight is 186 g/mol. The predicted molar refractivity (Wildman–Crippen MR) is 50.5 cm³/mol. The number of nitrogens with one attached hydrogen (secondary N) is 2. The third kappa shape index (κ3) is 4.24. The van der Waals surface area contributed by atoms with Crippen LogP contribution in [0.1, 0.15) is 19.8 Å². The van der Waals surface area contributed by atoms with Gasteiger partial charge >= 0.3 is 0 Å². The van der Waals surface area contributed by atoms with E-state index in [1.54, 1.807) is 0 Å². The second-order valence-electron chi connectivity index (χ2n) is 3.25. The Morgan fingerprint density at radius 2 is 2.54 bits per heavy atom. The van der Waals surface area contributed by atoms with Crippen LogP contribution in [0.3, 0.4) is 0 Å². The van der Waals surface area contributed by atoms with Gasteiger partial charge in [-0.25, -0.2) is 0 Å². The van der Waals surface area contributed by atoms with Crippen molar-refractivity contribution in [3.05, 3.63) is 0 Å². The van der Waals surface area contributed by atoms with Gasteiger partial charge in [0.05, 0.1) is 19.1 Å². The molecule has 1 rings (SSSR count). The monoisotopic (exact) mass is 186 g/mol. The lowest BCUT2D eigenvalue weighted by molar-refractivity contribution is -0.124. The van der Waals surface area contributed by atoms with Gasteiger partial charge in [-0.2, -0.15) is 0 Å². The molecule has 0 saturated carbocycles. The van der Waals surface area contributed by atoms with Crippen LogP contribution in [0.2, 0.25) is 0 Å². The lowest BCUT2D eigenvalue weighted by Gasteiger charge is -2.22. The van der Waals surface area contributed by atoms with Gasteiger partial charge in [0.15, 0.2) is 0 Å². The lowest BCUT2D eigenvalue weighted by atomic mass is 10.2. The molecular formula is C9H18N2O2. The number of amides is 1. The fraction of sp³-hybridized carbons (Fsp3) is 0.889. The van der Waals surface area contributed by atoms with E-state index in [1.807, 2.05) is 6.92 Å². The zero-order valence-electron chi connectivity index (χ0n) is 8.14. The number of carbonyl (C=O) groups excluding carboxylic acids is 1. The Morgan fingerprint density at radius 1 is 1.69 bits per heavy atom. The van der Waals surface area contributed by atoms with Crippen LogP contribution in [0.5, 0.6) is 0 Å². The zero-order valence-corrected chi connectivity index (χ0v) is 8.14. The van der Waals surface area contributed by atoms with Crippen molar-refractivity contribution in [2.75, 3.05) is 26.2 Å². The highest BCUT2D eigenvalue weighted by molar-refractivity contribution is 5.76. The van der Waals surface area contributed by atoms with Crippen molar-refractivity contribution < 1.29 is 9.53 Å². The highest BCUT2D eigenvalue weighted by atomic mass is 16.5. The predicted octanol–water partition coefficient (Wildman–Crippen LogP) is -0.109. The molecule has 1 fully saturated rings. The molecule has 0 aromatic carbocycles. The van der Waals surface area contributed by atoms with E-state index in [-0.39, 0.29) is 12.0 Å². The normalized spacial score (nSPS) is 22.7. The van der Waals surface area contributed by atoms with E-state index in [0.29, 0.717) is 13.0 Å². The highest BCUT2D eigenvalue weighted by Crippen LogP contribution is 2.00. The molecule has 0 radical (unpaired) electrons. The number of carbonyl (C=O) groups is 1. The SMILES string of the molecule is CCCNC(=O)CC1CNCCO1. The number of rotatable bonds is 4. The molecule has 2 N–H and O–H groups in total. The van der Waals surface area contributed by atoms with Crippen LogP contribution in [0, 0.1) is 0 Å². The third-order valence-electron chi connectivity index (χ3n) is 1.99. The maximum Gasteiger partial charge on any atom is 0.222 e. The second-order valence-corrected chi connectivity index (χ2v) is 3.25. The van der Waals surface area contributed by atoms with Gasteiger partial charge in [0.25, 0.3) is 0 Å². The summed E-state index contributed by atoms with van der Waals surface area (Å²) in [5.74, 6) is 0.0931. The zero-order chi connectivity index (χ0) is 9.52. The summed E-state index contributed by atoms with van der Waals surface area (Å²) in [5.41, 5.74) is 0. The number of hydrogen-bond donors (Lipinski definition) is 2. The largest absolute Gasteiger partial charge is 0.375 e. The Balaban J connectivity index is 2.11. The number of ether oxygens (including phenoxy) is 1. The van der Waals surface area contributed by atoms with E-state index in [0.717, 1.165) is 26.1 Å². The van der Waals surface area contributed by atoms with Crippen LogP contribution in [-0.4, -0.2) is 38.3 Å². The number of hydrogen-bond acceptors (Lipinski definition) is 3. The summed E-state index contributed by atoms with van der Waals surface area (Å²) >= 11 is 0. The van der Waals surface area contributed by atoms with Crippen molar-refractivity contribution in [1.82, 2.24) is 10.6 Å². The first kappa shape index (κ1) is 10.5. The van der Waals surface area contributed by atoms with Crippen LogP contribution in [0.4, 0.5) is 0 Å². The van der Waals surface area contributed by atoms with E-state index in [2.05, 4.69) is 10.6 Å². The summed E-state index contributed by atoms with van der Waals surface area (Å²) in [6.07, 6.45) is 1.52. The molecule has 4 heteroatoms. The Morgan fingerprint density at radius 3 is 3.15 bits per heavy atom. The van der Waals surface area contributed by atoms with Crippen molar-refractivity contribution >= 4 is 5.91 Å². The topological polar surface area (TPSA) is 50.4 Å². The van der Waals surface area contributed by atoms with Crippen LogP contribution >= 0.6 is 0 Å². The molecule has 0 spiro atoms. The fourth-order valence-corrected chi connectivity index (χ4v) is 1.29. The summed E-state index contributed by atoms with van der Waals surface area (Å²) in [5, 5.41) is 6.02. The van der Waals surface area contributed by atoms with E-state index < -0.39 is 0 Å². The molecule has 1 amide bonds. The maximum absolute atomic E-state index is 11.3. The van der Waals surface area contributed by atoms with Gasteiger partial charge < -0.3 is 15.4 Å². The van der Waals surface area contributed by atoms with E-state index in [1.165, 1.54) is 0 Å². The van der Waals surface area contributed by atoms with E-state index in [4.69, 9.17) is 4.74 Å². The summed E-state index contributed by atoms with van der Waals surface area (Å²) in [4.78, 5) is 11.3. The van der Waals surface area contributed by atoms with Gasteiger partial charge in [0, 0.05) is 19.6 Å². The Labute approximate surface area is 79.0 Å². The van der Waals surface area contributed by atoms with Crippen LogP contribution in [0.15, 0.2) is 0 Å². The minimum atomic E-state index is 0.0607. The first-order valence-corrected chi connectivity index (χ1v) is 4.92. The van der Waals surface area contributed by atoms with Crippen molar-refractivity contribution in [1.29, 1.82) is 0 Å². The molecule has 1 unspecified atom stereocenters. The second kappa shape index (κ2) is 5.94. The minimum absolute atomic E-state index is 0.0607. The van der Waals surface area contributed by atoms with Gasteiger partial charge in [-0.05, 0) is 6.42 Å². The molecule has 0 aliphatic carbocycles. The molecular weight excluding hydrogens is 168 g/mol. The Bertz CT molecular complexity index is 156. The Kier molecular flexibility index (Phi) is 4.78. The smallest absolute Gasteiger partial charge is 0.222 e. The molecule has 1 heterocycles. The summed E-state index contributed by atoms with van der Waals surface area (Å²) in [7, 11) is 0. The first-order chi connectivity index (χ1) is 6.33. The lowest BCUT2D eigenvalue weighted by Crippen LogP contribution is -2.41. The molecule has 4 nitrogen and oxygen atoms in total. The van der Waals surface area contributed by atoms with Crippen LogP contribution in [0.25, 0.3) is 0 Å². The van der Waals surface area contributed by atoms with E-state index in [9.17, 15) is 4.79 Å². The molecule has 0 aromatic heterocycles. The van der Waals surface area contributed by atoms with E-state index >= 15 is 0 Å². The summed E-state index contributed by atoms with van der Waals surface area (Å²) < 4.78 is 5.41. The molecule has 1 atom stereocenters. The summed E-state index contributed by atoms with van der Waals surface area (Å²) in [6.45, 7) is 5.20. The number of morpholine rings is 1. The quantitative estimate of drug-likeness (QED) is 0.644. The van der Waals surface area contributed by atoms with Crippen LogP contribution < -0.4 is 10.6 Å². The van der Waals surface area contributed by atoms with Crippen molar-refractivity contribution in [3.63, 3.8) is 0 Å². The van der Waals surface area contributed by atoms with Gasteiger partial charge in [-0.3, -0.25) is 4.79 Å². The Hall–Kier alpha value is -0.610. The fourth-order valence-electron chi connectivity index (χ4n) is 1.29. The van der Waals surface area contributed by atoms with Gasteiger partial charge in [-0.15, -0.1) is 0 Å². The molecule has 76 valence electrons. The third-order valence-corrected chi connectivity index (χ3v) is 1.99. The van der Waals surface area contributed by atoms with Crippen molar-refractivity contribution in [2.45, 2.75) is 25.9 Å². The van der Waals surface area contributed by atoms with Crippen molar-refractivity contribution in [2.24, 2.45) is 0 Å². The maximum atomic E-state index is 11.3. The van der Waals surface area contributed by atoms with Gasteiger partial charge in [-0.1, -0.05) is 6.92 Å². The first-order valence-electron chi connectivity index (χ1n) is 4.92. The summed E-state index contributed by atoms with van der Waals surface area (Å²) in [6, 6.07) is 0. The molecule has 1 aliphatic rings. The minimum Gasteiger partial charge on any atom is -0.375 e. The molecule has 13 heavy (non-hydrogen) atoms. The molecule has 0 bridgehead atoms. The average Bonchev–Trinajstić information content (AvgIpc) is 2.16. The van der Waals surface area contributed by atoms with Gasteiger partial charge in [0.1, 0.15) is 0 Å². The van der Waals surface area contributed by atoms with Crippen LogP contribution in [-0.2, 0) is 9.53 Å². The molecule has 0 aromatic rings. The highest BCUT2D eigenvalue weighted by Gasteiger charge is 2.16. The molecule has 1 aliphatic heterocycles. The van der Waals surface area contributed by atoms with Gasteiger partial charge in [0.2, 0.25) is 5.91 Å². The molecule has 1 saturated heterocycles.